The predicted molar refractivity (Wildman–Crippen MR) is 81.1 cm³/mol. The van der Waals surface area contributed by atoms with Gasteiger partial charge in [0.05, 0.1) is 30.6 Å². The van der Waals surface area contributed by atoms with Gasteiger partial charge in [-0.3, -0.25) is 0 Å². The zero-order valence-corrected chi connectivity index (χ0v) is 12.1. The van der Waals surface area contributed by atoms with E-state index in [1.807, 2.05) is 22.8 Å². The molecule has 0 spiro atoms. The van der Waals surface area contributed by atoms with Gasteiger partial charge in [0.2, 0.25) is 0 Å². The van der Waals surface area contributed by atoms with Crippen LogP contribution in [0.15, 0.2) is 42.5 Å². The van der Waals surface area contributed by atoms with Gasteiger partial charge < -0.3 is 9.30 Å². The lowest BCUT2D eigenvalue weighted by molar-refractivity contribution is 0.415. The van der Waals surface area contributed by atoms with Gasteiger partial charge in [-0.2, -0.15) is 5.26 Å². The van der Waals surface area contributed by atoms with Crippen molar-refractivity contribution in [2.45, 2.75) is 13.0 Å². The SMILES string of the molecule is COc1ccc2c(c1)nc(CC#N)n2Cc1ccc(F)cc1. The number of nitrogens with zero attached hydrogens (tertiary/aromatic N) is 3. The zero-order valence-electron chi connectivity index (χ0n) is 12.1. The molecule has 0 saturated carbocycles. The molecule has 3 aromatic rings. The number of benzene rings is 2. The van der Waals surface area contributed by atoms with Crippen LogP contribution in [0.3, 0.4) is 0 Å². The normalized spacial score (nSPS) is 10.6. The summed E-state index contributed by atoms with van der Waals surface area (Å²) in [6.45, 7) is 0.542. The lowest BCUT2D eigenvalue weighted by Crippen LogP contribution is -2.04. The first-order valence-electron chi connectivity index (χ1n) is 6.86. The van der Waals surface area contributed by atoms with Gasteiger partial charge in [-0.15, -0.1) is 0 Å². The fourth-order valence-corrected chi connectivity index (χ4v) is 2.44. The van der Waals surface area contributed by atoms with Gasteiger partial charge in [-0.05, 0) is 29.8 Å². The van der Waals surface area contributed by atoms with E-state index in [4.69, 9.17) is 10.00 Å². The summed E-state index contributed by atoms with van der Waals surface area (Å²) < 4.78 is 20.2. The Labute approximate surface area is 127 Å². The Kier molecular flexibility index (Phi) is 3.75. The Morgan fingerprint density at radius 3 is 2.68 bits per heavy atom. The van der Waals surface area contributed by atoms with E-state index in [-0.39, 0.29) is 12.2 Å². The van der Waals surface area contributed by atoms with Crippen LogP contribution in [-0.2, 0) is 13.0 Å². The van der Waals surface area contributed by atoms with Crippen LogP contribution in [0.4, 0.5) is 4.39 Å². The lowest BCUT2D eigenvalue weighted by atomic mass is 10.2. The summed E-state index contributed by atoms with van der Waals surface area (Å²) in [6.07, 6.45) is 0.220. The topological polar surface area (TPSA) is 50.8 Å². The van der Waals surface area contributed by atoms with Crippen molar-refractivity contribution >= 4 is 11.0 Å². The number of aromatic nitrogens is 2. The van der Waals surface area contributed by atoms with Gasteiger partial charge in [0, 0.05) is 12.6 Å². The minimum atomic E-state index is -0.263. The van der Waals surface area contributed by atoms with Crippen LogP contribution in [0.5, 0.6) is 5.75 Å². The molecule has 1 aromatic heterocycles. The van der Waals surface area contributed by atoms with Crippen molar-refractivity contribution < 1.29 is 9.13 Å². The molecule has 0 saturated heterocycles. The molecule has 0 unspecified atom stereocenters. The summed E-state index contributed by atoms with van der Waals surface area (Å²) in [6, 6.07) is 14.1. The molecule has 0 aliphatic carbocycles. The molecule has 0 atom stereocenters. The quantitative estimate of drug-likeness (QED) is 0.742. The second-order valence-corrected chi connectivity index (χ2v) is 4.93. The minimum absolute atomic E-state index is 0.220. The van der Waals surface area contributed by atoms with Crippen molar-refractivity contribution in [1.29, 1.82) is 5.26 Å². The minimum Gasteiger partial charge on any atom is -0.497 e. The summed E-state index contributed by atoms with van der Waals surface area (Å²) in [7, 11) is 1.60. The third kappa shape index (κ3) is 2.63. The van der Waals surface area contributed by atoms with E-state index in [0.717, 1.165) is 22.3 Å². The van der Waals surface area contributed by atoms with Crippen molar-refractivity contribution in [3.05, 3.63) is 59.7 Å². The van der Waals surface area contributed by atoms with E-state index < -0.39 is 0 Å². The van der Waals surface area contributed by atoms with Gasteiger partial charge in [-0.1, -0.05) is 12.1 Å². The second-order valence-electron chi connectivity index (χ2n) is 4.93. The van der Waals surface area contributed by atoms with E-state index in [1.54, 1.807) is 19.2 Å². The Morgan fingerprint density at radius 1 is 1.23 bits per heavy atom. The molecule has 0 amide bonds. The first kappa shape index (κ1) is 14.1. The number of methoxy groups -OCH3 is 1. The number of hydrogen-bond acceptors (Lipinski definition) is 3. The third-order valence-corrected chi connectivity index (χ3v) is 3.53. The molecule has 0 aliphatic rings. The molecule has 22 heavy (non-hydrogen) atoms. The van der Waals surface area contributed by atoms with Crippen molar-refractivity contribution in [3.8, 4) is 11.8 Å². The van der Waals surface area contributed by atoms with Crippen molar-refractivity contribution in [2.24, 2.45) is 0 Å². The van der Waals surface area contributed by atoms with E-state index in [9.17, 15) is 4.39 Å². The highest BCUT2D eigenvalue weighted by Gasteiger charge is 2.12. The Bertz CT molecular complexity index is 847. The maximum Gasteiger partial charge on any atom is 0.124 e. The average molecular weight is 295 g/mol. The number of halogens is 1. The molecule has 0 fully saturated rings. The van der Waals surface area contributed by atoms with Gasteiger partial charge in [0.25, 0.3) is 0 Å². The Hall–Kier alpha value is -2.87. The fourth-order valence-electron chi connectivity index (χ4n) is 2.44. The van der Waals surface area contributed by atoms with Crippen molar-refractivity contribution in [2.75, 3.05) is 7.11 Å². The van der Waals surface area contributed by atoms with Gasteiger partial charge >= 0.3 is 0 Å². The van der Waals surface area contributed by atoms with Crippen molar-refractivity contribution in [1.82, 2.24) is 9.55 Å². The molecule has 0 bridgehead atoms. The maximum absolute atomic E-state index is 13.0. The molecule has 0 N–H and O–H groups in total. The molecular formula is C17H14FN3O. The first-order chi connectivity index (χ1) is 10.7. The van der Waals surface area contributed by atoms with E-state index in [2.05, 4.69) is 11.1 Å². The van der Waals surface area contributed by atoms with Crippen LogP contribution < -0.4 is 4.74 Å². The first-order valence-corrected chi connectivity index (χ1v) is 6.86. The molecule has 0 radical (unpaired) electrons. The van der Waals surface area contributed by atoms with Crippen LogP contribution in [0.25, 0.3) is 11.0 Å². The zero-order chi connectivity index (χ0) is 15.5. The molecule has 110 valence electrons. The summed E-state index contributed by atoms with van der Waals surface area (Å²) in [5.74, 6) is 1.15. The molecule has 1 heterocycles. The third-order valence-electron chi connectivity index (χ3n) is 3.53. The second kappa shape index (κ2) is 5.86. The van der Waals surface area contributed by atoms with Gasteiger partial charge in [0.1, 0.15) is 17.4 Å². The fraction of sp³-hybridized carbons (Fsp3) is 0.176. The smallest absolute Gasteiger partial charge is 0.124 e. The molecule has 3 rings (SSSR count). The van der Waals surface area contributed by atoms with Crippen LogP contribution in [0.1, 0.15) is 11.4 Å². The number of rotatable bonds is 4. The summed E-state index contributed by atoms with van der Waals surface area (Å²) in [5.41, 5.74) is 2.66. The highest BCUT2D eigenvalue weighted by molar-refractivity contribution is 5.78. The number of fused-ring (bicyclic) bond motifs is 1. The largest absolute Gasteiger partial charge is 0.497 e. The van der Waals surface area contributed by atoms with Crippen LogP contribution in [0, 0.1) is 17.1 Å². The Morgan fingerprint density at radius 2 is 2.00 bits per heavy atom. The number of hydrogen-bond donors (Lipinski definition) is 0. The van der Waals surface area contributed by atoms with Crippen LogP contribution in [-0.4, -0.2) is 16.7 Å². The Balaban J connectivity index is 2.07. The number of nitriles is 1. The predicted octanol–water partition coefficient (Wildman–Crippen LogP) is 3.30. The highest BCUT2D eigenvalue weighted by atomic mass is 19.1. The average Bonchev–Trinajstić information content (AvgIpc) is 2.86. The molecule has 4 nitrogen and oxygen atoms in total. The van der Waals surface area contributed by atoms with Gasteiger partial charge in [0.15, 0.2) is 0 Å². The molecule has 0 aliphatic heterocycles. The summed E-state index contributed by atoms with van der Waals surface area (Å²) in [4.78, 5) is 4.51. The monoisotopic (exact) mass is 295 g/mol. The standard InChI is InChI=1S/C17H14FN3O/c1-22-14-6-7-16-15(10-14)20-17(8-9-19)21(16)11-12-2-4-13(18)5-3-12/h2-7,10H,8,11H2,1H3. The van der Waals surface area contributed by atoms with E-state index >= 15 is 0 Å². The van der Waals surface area contributed by atoms with E-state index in [1.165, 1.54) is 12.1 Å². The number of ether oxygens (including phenoxy) is 1. The van der Waals surface area contributed by atoms with E-state index in [0.29, 0.717) is 12.4 Å². The molecule has 2 aromatic carbocycles. The van der Waals surface area contributed by atoms with Crippen LogP contribution >= 0.6 is 0 Å². The molecule has 5 heteroatoms. The highest BCUT2D eigenvalue weighted by Crippen LogP contribution is 2.23. The number of imidazole rings is 1. The van der Waals surface area contributed by atoms with Crippen molar-refractivity contribution in [3.63, 3.8) is 0 Å². The maximum atomic E-state index is 13.0. The van der Waals surface area contributed by atoms with Crippen LogP contribution in [0.2, 0.25) is 0 Å². The summed E-state index contributed by atoms with van der Waals surface area (Å²) in [5, 5.41) is 8.99. The summed E-state index contributed by atoms with van der Waals surface area (Å²) >= 11 is 0. The molecular weight excluding hydrogens is 281 g/mol. The van der Waals surface area contributed by atoms with Gasteiger partial charge in [-0.25, -0.2) is 9.37 Å². The lowest BCUT2D eigenvalue weighted by Gasteiger charge is -2.08.